The first-order valence-corrected chi connectivity index (χ1v) is 9.26. The molecule has 0 saturated carbocycles. The number of carboxylic acid groups (broad SMARTS) is 1. The highest BCUT2D eigenvalue weighted by molar-refractivity contribution is 6.02. The Morgan fingerprint density at radius 2 is 1.59 bits per heavy atom. The van der Waals surface area contributed by atoms with Crippen LogP contribution in [0.4, 0.5) is 0 Å². The molecule has 2 N–H and O–H groups in total. The summed E-state index contributed by atoms with van der Waals surface area (Å²) in [6.07, 6.45) is 1.30. The molecule has 1 aromatic heterocycles. The van der Waals surface area contributed by atoms with Gasteiger partial charge in [-0.25, -0.2) is 4.79 Å². The smallest absolute Gasteiger partial charge is 0.352 e. The molecule has 1 heterocycles. The Hall–Kier alpha value is -3.60. The summed E-state index contributed by atoms with van der Waals surface area (Å²) in [6.45, 7) is 6.44. The predicted octanol–water partition coefficient (Wildman–Crippen LogP) is 5.10. The van der Waals surface area contributed by atoms with Crippen LogP contribution in [0, 0.1) is 0 Å². The molecule has 5 heteroatoms. The number of benzene rings is 2. The monoisotopic (exact) mass is 389 g/mol. The predicted molar refractivity (Wildman–Crippen MR) is 112 cm³/mol. The first-order valence-electron chi connectivity index (χ1n) is 9.26. The average Bonchev–Trinajstić information content (AvgIpc) is 3.16. The van der Waals surface area contributed by atoms with Crippen molar-refractivity contribution in [1.82, 2.24) is 5.32 Å². The largest absolute Gasteiger partial charge is 0.477 e. The van der Waals surface area contributed by atoms with Gasteiger partial charge in [0.05, 0.1) is 0 Å². The van der Waals surface area contributed by atoms with Gasteiger partial charge in [0.1, 0.15) is 17.2 Å². The van der Waals surface area contributed by atoms with E-state index < -0.39 is 11.9 Å². The average molecular weight is 389 g/mol. The number of rotatable bonds is 5. The van der Waals surface area contributed by atoms with Crippen molar-refractivity contribution in [2.24, 2.45) is 0 Å². The molecule has 0 aliphatic carbocycles. The Bertz CT molecular complexity index is 1040. The quantitative estimate of drug-likeness (QED) is 0.595. The first-order chi connectivity index (χ1) is 13.7. The van der Waals surface area contributed by atoms with E-state index in [1.54, 1.807) is 42.5 Å². The van der Waals surface area contributed by atoms with E-state index in [9.17, 15) is 14.7 Å². The molecule has 0 saturated heterocycles. The fraction of sp³-hybridized carbons (Fsp3) is 0.167. The molecular formula is C24H23NO4. The SMILES string of the molecule is CC(C)(C)c1ccc(-c2ccc(/C=C(\NC(=O)c3ccccc3)C(=O)O)o2)cc1. The number of hydrogen-bond donors (Lipinski definition) is 2. The molecule has 1 amide bonds. The van der Waals surface area contributed by atoms with E-state index in [-0.39, 0.29) is 11.1 Å². The first kappa shape index (κ1) is 20.1. The van der Waals surface area contributed by atoms with Crippen LogP contribution in [-0.4, -0.2) is 17.0 Å². The van der Waals surface area contributed by atoms with Gasteiger partial charge in [0, 0.05) is 17.2 Å². The number of carbonyl (C=O) groups excluding carboxylic acids is 1. The van der Waals surface area contributed by atoms with E-state index in [1.165, 1.54) is 11.6 Å². The maximum absolute atomic E-state index is 12.2. The maximum atomic E-state index is 12.2. The summed E-state index contributed by atoms with van der Waals surface area (Å²) in [5, 5.41) is 11.9. The van der Waals surface area contributed by atoms with Gasteiger partial charge in [0.2, 0.25) is 0 Å². The lowest BCUT2D eigenvalue weighted by atomic mass is 9.86. The number of nitrogens with one attached hydrogen (secondary N) is 1. The van der Waals surface area contributed by atoms with Crippen molar-refractivity contribution in [1.29, 1.82) is 0 Å². The summed E-state index contributed by atoms with van der Waals surface area (Å²) in [7, 11) is 0. The Morgan fingerprint density at radius 1 is 0.931 bits per heavy atom. The van der Waals surface area contributed by atoms with Crippen molar-refractivity contribution >= 4 is 18.0 Å². The molecule has 148 valence electrons. The Morgan fingerprint density at radius 3 is 2.17 bits per heavy atom. The van der Waals surface area contributed by atoms with Crippen molar-refractivity contribution in [3.05, 3.63) is 89.3 Å². The second-order valence-electron chi connectivity index (χ2n) is 7.71. The summed E-state index contributed by atoms with van der Waals surface area (Å²) in [4.78, 5) is 23.8. The number of amides is 1. The zero-order valence-corrected chi connectivity index (χ0v) is 16.6. The van der Waals surface area contributed by atoms with E-state index in [0.29, 0.717) is 17.1 Å². The van der Waals surface area contributed by atoms with E-state index >= 15 is 0 Å². The molecule has 2 aromatic carbocycles. The lowest BCUT2D eigenvalue weighted by Gasteiger charge is -2.18. The molecule has 0 radical (unpaired) electrons. The summed E-state index contributed by atoms with van der Waals surface area (Å²) in [5.74, 6) is -0.785. The van der Waals surface area contributed by atoms with Gasteiger partial charge in [-0.1, -0.05) is 63.2 Å². The second kappa shape index (κ2) is 8.19. The van der Waals surface area contributed by atoms with Crippen molar-refractivity contribution < 1.29 is 19.1 Å². The molecule has 0 aliphatic heterocycles. The Labute approximate surface area is 169 Å². The van der Waals surface area contributed by atoms with Crippen LogP contribution in [0.1, 0.15) is 42.5 Å². The van der Waals surface area contributed by atoms with Crippen molar-refractivity contribution in [3.63, 3.8) is 0 Å². The topological polar surface area (TPSA) is 79.5 Å². The number of furan rings is 1. The summed E-state index contributed by atoms with van der Waals surface area (Å²) < 4.78 is 5.77. The second-order valence-corrected chi connectivity index (χ2v) is 7.71. The molecule has 0 unspecified atom stereocenters. The van der Waals surface area contributed by atoms with Crippen LogP contribution >= 0.6 is 0 Å². The number of carbonyl (C=O) groups is 2. The minimum Gasteiger partial charge on any atom is -0.477 e. The normalized spacial score (nSPS) is 11.9. The van der Waals surface area contributed by atoms with Gasteiger partial charge in [0.15, 0.2) is 0 Å². The molecule has 0 bridgehead atoms. The van der Waals surface area contributed by atoms with Gasteiger partial charge in [-0.15, -0.1) is 0 Å². The van der Waals surface area contributed by atoms with Crippen LogP contribution in [0.3, 0.4) is 0 Å². The van der Waals surface area contributed by atoms with Gasteiger partial charge in [-0.05, 0) is 35.2 Å². The zero-order chi connectivity index (χ0) is 21.0. The summed E-state index contributed by atoms with van der Waals surface area (Å²) in [6, 6.07) is 19.9. The fourth-order valence-corrected chi connectivity index (χ4v) is 2.80. The highest BCUT2D eigenvalue weighted by atomic mass is 16.4. The minimum atomic E-state index is -1.25. The van der Waals surface area contributed by atoms with Crippen LogP contribution in [0.5, 0.6) is 0 Å². The lowest BCUT2D eigenvalue weighted by molar-refractivity contribution is -0.132. The summed E-state index contributed by atoms with van der Waals surface area (Å²) >= 11 is 0. The van der Waals surface area contributed by atoms with Crippen molar-refractivity contribution in [3.8, 4) is 11.3 Å². The van der Waals surface area contributed by atoms with Crippen LogP contribution in [0.25, 0.3) is 17.4 Å². The minimum absolute atomic E-state index is 0.0585. The fourth-order valence-electron chi connectivity index (χ4n) is 2.80. The van der Waals surface area contributed by atoms with Crippen LogP contribution in [0.15, 0.2) is 76.8 Å². The van der Waals surface area contributed by atoms with E-state index in [4.69, 9.17) is 4.42 Å². The van der Waals surface area contributed by atoms with Crippen LogP contribution in [-0.2, 0) is 10.2 Å². The molecule has 0 spiro atoms. The molecule has 0 atom stereocenters. The Balaban J connectivity index is 1.81. The molecular weight excluding hydrogens is 366 g/mol. The standard InChI is InChI=1S/C24H23NO4/c1-24(2,3)18-11-9-16(10-12-18)21-14-13-19(29-21)15-20(23(27)28)25-22(26)17-7-5-4-6-8-17/h4-15H,1-3H3,(H,25,26)(H,27,28)/b20-15-. The highest BCUT2D eigenvalue weighted by Gasteiger charge is 2.16. The molecule has 3 rings (SSSR count). The molecule has 29 heavy (non-hydrogen) atoms. The third kappa shape index (κ3) is 5.02. The summed E-state index contributed by atoms with van der Waals surface area (Å²) in [5.41, 5.74) is 2.28. The highest BCUT2D eigenvalue weighted by Crippen LogP contribution is 2.27. The number of hydrogen-bond acceptors (Lipinski definition) is 3. The van der Waals surface area contributed by atoms with Crippen molar-refractivity contribution in [2.75, 3.05) is 0 Å². The zero-order valence-electron chi connectivity index (χ0n) is 16.6. The maximum Gasteiger partial charge on any atom is 0.352 e. The lowest BCUT2D eigenvalue weighted by Crippen LogP contribution is -2.27. The molecule has 0 aliphatic rings. The number of carboxylic acids is 1. The van der Waals surface area contributed by atoms with Crippen LogP contribution < -0.4 is 5.32 Å². The van der Waals surface area contributed by atoms with Gasteiger partial charge < -0.3 is 14.8 Å². The van der Waals surface area contributed by atoms with Crippen molar-refractivity contribution in [2.45, 2.75) is 26.2 Å². The van der Waals surface area contributed by atoms with Crippen LogP contribution in [0.2, 0.25) is 0 Å². The van der Waals surface area contributed by atoms with E-state index in [2.05, 4.69) is 38.2 Å². The molecule has 3 aromatic rings. The van der Waals surface area contributed by atoms with Gasteiger partial charge >= 0.3 is 5.97 Å². The molecule has 0 fully saturated rings. The third-order valence-electron chi connectivity index (χ3n) is 4.46. The molecule has 5 nitrogen and oxygen atoms in total. The number of aliphatic carboxylic acids is 1. The van der Waals surface area contributed by atoms with Gasteiger partial charge in [-0.2, -0.15) is 0 Å². The Kier molecular flexibility index (Phi) is 5.69. The third-order valence-corrected chi connectivity index (χ3v) is 4.46. The van der Waals surface area contributed by atoms with Gasteiger partial charge in [-0.3, -0.25) is 4.79 Å². The van der Waals surface area contributed by atoms with E-state index in [0.717, 1.165) is 5.56 Å². The van der Waals surface area contributed by atoms with E-state index in [1.807, 2.05) is 12.1 Å². The van der Waals surface area contributed by atoms with Gasteiger partial charge in [0.25, 0.3) is 5.91 Å².